The van der Waals surface area contributed by atoms with E-state index in [2.05, 4.69) is 20.3 Å². The number of imidazole rings is 1. The van der Waals surface area contributed by atoms with Crippen LogP contribution in [0.25, 0.3) is 11.2 Å². The quantitative estimate of drug-likeness (QED) is 0.532. The second kappa shape index (κ2) is 5.29. The summed E-state index contributed by atoms with van der Waals surface area (Å²) in [6.07, 6.45) is 0.158. The molecule has 0 aromatic carbocycles. The standard InChI is InChI=1S/C11H15N5O4/c17-2-1-12-9-7-10(14-4-13-9)16(5-15-7)11-8(19)6(18)3-20-11/h4-6,8,11,17-19H,1-3H2,(H,12,13,14)/t6-,8-,11-/m1/s1. The molecule has 1 aliphatic heterocycles. The molecule has 3 heterocycles. The van der Waals surface area contributed by atoms with Gasteiger partial charge in [0.15, 0.2) is 23.2 Å². The molecule has 0 unspecified atom stereocenters. The first kappa shape index (κ1) is 13.2. The molecular weight excluding hydrogens is 266 g/mol. The fraction of sp³-hybridized carbons (Fsp3) is 0.545. The van der Waals surface area contributed by atoms with Crippen LogP contribution in [0.3, 0.4) is 0 Å². The Labute approximate surface area is 113 Å². The monoisotopic (exact) mass is 281 g/mol. The van der Waals surface area contributed by atoms with E-state index in [4.69, 9.17) is 9.84 Å². The SMILES string of the molecule is OCCNc1ncnc2c1ncn2[C@@H]1OC[C@@H](O)[C@H]1O. The predicted octanol–water partition coefficient (Wildman–Crippen LogP) is -1.52. The Morgan fingerprint density at radius 1 is 1.35 bits per heavy atom. The lowest BCUT2D eigenvalue weighted by atomic mass is 10.2. The number of nitrogens with one attached hydrogen (secondary N) is 1. The van der Waals surface area contributed by atoms with Gasteiger partial charge in [0.05, 0.1) is 19.5 Å². The van der Waals surface area contributed by atoms with Gasteiger partial charge in [-0.25, -0.2) is 15.0 Å². The summed E-state index contributed by atoms with van der Waals surface area (Å²) in [6, 6.07) is 0. The highest BCUT2D eigenvalue weighted by atomic mass is 16.5. The second-order valence-corrected chi connectivity index (χ2v) is 4.48. The molecule has 3 rings (SSSR count). The van der Waals surface area contributed by atoms with Crippen LogP contribution in [0.5, 0.6) is 0 Å². The third-order valence-corrected chi connectivity index (χ3v) is 3.16. The van der Waals surface area contributed by atoms with Crippen molar-refractivity contribution in [3.63, 3.8) is 0 Å². The van der Waals surface area contributed by atoms with Crippen molar-refractivity contribution < 1.29 is 20.1 Å². The van der Waals surface area contributed by atoms with Crippen molar-refractivity contribution >= 4 is 17.0 Å². The molecule has 2 aromatic rings. The van der Waals surface area contributed by atoms with Crippen LogP contribution in [0, 0.1) is 0 Å². The topological polar surface area (TPSA) is 126 Å². The minimum atomic E-state index is -1.03. The number of anilines is 1. The second-order valence-electron chi connectivity index (χ2n) is 4.48. The van der Waals surface area contributed by atoms with Gasteiger partial charge < -0.3 is 25.4 Å². The molecular formula is C11H15N5O4. The van der Waals surface area contributed by atoms with E-state index in [0.717, 1.165) is 0 Å². The van der Waals surface area contributed by atoms with Gasteiger partial charge in [0.2, 0.25) is 0 Å². The third kappa shape index (κ3) is 2.10. The number of nitrogens with zero attached hydrogens (tertiary/aromatic N) is 4. The summed E-state index contributed by atoms with van der Waals surface area (Å²) >= 11 is 0. The number of fused-ring (bicyclic) bond motifs is 1. The van der Waals surface area contributed by atoms with Gasteiger partial charge in [-0.3, -0.25) is 4.57 Å². The van der Waals surface area contributed by atoms with E-state index in [0.29, 0.717) is 23.5 Å². The number of hydrogen-bond donors (Lipinski definition) is 4. The van der Waals surface area contributed by atoms with Crippen LogP contribution in [0.4, 0.5) is 5.82 Å². The Bertz CT molecular complexity index is 604. The fourth-order valence-electron chi connectivity index (χ4n) is 2.17. The molecule has 1 aliphatic rings. The first-order valence-corrected chi connectivity index (χ1v) is 6.22. The van der Waals surface area contributed by atoms with E-state index in [-0.39, 0.29) is 13.2 Å². The van der Waals surface area contributed by atoms with E-state index in [1.54, 1.807) is 4.57 Å². The van der Waals surface area contributed by atoms with Crippen LogP contribution in [0.15, 0.2) is 12.7 Å². The summed E-state index contributed by atoms with van der Waals surface area (Å²) in [5, 5.41) is 31.2. The van der Waals surface area contributed by atoms with Crippen LogP contribution in [0.2, 0.25) is 0 Å². The Morgan fingerprint density at radius 3 is 2.90 bits per heavy atom. The van der Waals surface area contributed by atoms with Gasteiger partial charge in [0.25, 0.3) is 0 Å². The van der Waals surface area contributed by atoms with E-state index in [1.165, 1.54) is 12.7 Å². The van der Waals surface area contributed by atoms with Crippen LogP contribution < -0.4 is 5.32 Å². The van der Waals surface area contributed by atoms with Gasteiger partial charge in [0, 0.05) is 6.54 Å². The molecule has 0 amide bonds. The third-order valence-electron chi connectivity index (χ3n) is 3.16. The van der Waals surface area contributed by atoms with Crippen molar-refractivity contribution in [2.45, 2.75) is 18.4 Å². The maximum Gasteiger partial charge on any atom is 0.167 e. The molecule has 0 saturated carbocycles. The lowest BCUT2D eigenvalue weighted by molar-refractivity contribution is -0.0162. The summed E-state index contributed by atoms with van der Waals surface area (Å²) < 4.78 is 6.91. The Morgan fingerprint density at radius 2 is 2.20 bits per heavy atom. The number of aliphatic hydroxyl groups is 3. The zero-order valence-corrected chi connectivity index (χ0v) is 10.5. The van der Waals surface area contributed by atoms with Gasteiger partial charge in [-0.1, -0.05) is 0 Å². The lowest BCUT2D eigenvalue weighted by Gasteiger charge is -2.16. The van der Waals surface area contributed by atoms with Crippen molar-refractivity contribution in [3.8, 4) is 0 Å². The molecule has 9 nitrogen and oxygen atoms in total. The van der Waals surface area contributed by atoms with Gasteiger partial charge in [0.1, 0.15) is 18.5 Å². The molecule has 0 aliphatic carbocycles. The summed E-state index contributed by atoms with van der Waals surface area (Å²) in [5.74, 6) is 0.496. The zero-order valence-electron chi connectivity index (χ0n) is 10.5. The minimum absolute atomic E-state index is 0.0250. The van der Waals surface area contributed by atoms with Gasteiger partial charge in [-0.2, -0.15) is 0 Å². The molecule has 2 aromatic heterocycles. The Hall–Kier alpha value is -1.81. The molecule has 0 spiro atoms. The number of ether oxygens (including phenoxy) is 1. The molecule has 20 heavy (non-hydrogen) atoms. The van der Waals surface area contributed by atoms with Crippen molar-refractivity contribution in [1.29, 1.82) is 0 Å². The van der Waals surface area contributed by atoms with Crippen LogP contribution in [-0.4, -0.2) is 66.8 Å². The lowest BCUT2D eigenvalue weighted by Crippen LogP contribution is -2.28. The summed E-state index contributed by atoms with van der Waals surface area (Å²) in [5.41, 5.74) is 0.997. The fourth-order valence-corrected chi connectivity index (χ4v) is 2.17. The maximum absolute atomic E-state index is 9.88. The van der Waals surface area contributed by atoms with Crippen LogP contribution >= 0.6 is 0 Å². The first-order chi connectivity index (χ1) is 9.72. The number of aromatic nitrogens is 4. The molecule has 9 heteroatoms. The van der Waals surface area contributed by atoms with E-state index in [1.807, 2.05) is 0 Å². The summed E-state index contributed by atoms with van der Waals surface area (Å²) in [4.78, 5) is 12.4. The largest absolute Gasteiger partial charge is 0.395 e. The van der Waals surface area contributed by atoms with Crippen LogP contribution in [-0.2, 0) is 4.74 Å². The van der Waals surface area contributed by atoms with Gasteiger partial charge in [-0.15, -0.1) is 0 Å². The number of aliphatic hydroxyl groups excluding tert-OH is 3. The van der Waals surface area contributed by atoms with Gasteiger partial charge >= 0.3 is 0 Å². The van der Waals surface area contributed by atoms with E-state index in [9.17, 15) is 10.2 Å². The maximum atomic E-state index is 9.88. The average Bonchev–Trinajstić information content (AvgIpc) is 3.02. The summed E-state index contributed by atoms with van der Waals surface area (Å²) in [7, 11) is 0. The molecule has 4 N–H and O–H groups in total. The van der Waals surface area contributed by atoms with E-state index >= 15 is 0 Å². The molecule has 0 bridgehead atoms. The highest BCUT2D eigenvalue weighted by Gasteiger charge is 2.36. The number of hydrogen-bond acceptors (Lipinski definition) is 8. The van der Waals surface area contributed by atoms with Crippen molar-refractivity contribution in [3.05, 3.63) is 12.7 Å². The smallest absolute Gasteiger partial charge is 0.167 e. The molecule has 3 atom stereocenters. The average molecular weight is 281 g/mol. The highest BCUT2D eigenvalue weighted by Crippen LogP contribution is 2.28. The Balaban J connectivity index is 1.97. The predicted molar refractivity (Wildman–Crippen MR) is 67.9 cm³/mol. The van der Waals surface area contributed by atoms with Crippen molar-refractivity contribution in [1.82, 2.24) is 19.5 Å². The highest BCUT2D eigenvalue weighted by molar-refractivity contribution is 5.82. The zero-order chi connectivity index (χ0) is 14.1. The van der Waals surface area contributed by atoms with Crippen LogP contribution in [0.1, 0.15) is 6.23 Å². The molecule has 0 radical (unpaired) electrons. The Kier molecular flexibility index (Phi) is 3.49. The number of rotatable bonds is 4. The van der Waals surface area contributed by atoms with Gasteiger partial charge in [-0.05, 0) is 0 Å². The first-order valence-electron chi connectivity index (χ1n) is 6.22. The van der Waals surface area contributed by atoms with E-state index < -0.39 is 18.4 Å². The van der Waals surface area contributed by atoms with Crippen molar-refractivity contribution in [2.75, 3.05) is 25.1 Å². The molecule has 1 fully saturated rings. The normalized spacial score (nSPS) is 26.2. The molecule has 108 valence electrons. The summed E-state index contributed by atoms with van der Waals surface area (Å²) in [6.45, 7) is 0.384. The molecule has 1 saturated heterocycles. The minimum Gasteiger partial charge on any atom is -0.395 e. The van der Waals surface area contributed by atoms with Crippen molar-refractivity contribution in [2.24, 2.45) is 0 Å².